The van der Waals surface area contributed by atoms with E-state index in [4.69, 9.17) is 9.15 Å². The van der Waals surface area contributed by atoms with Crippen molar-refractivity contribution in [1.82, 2.24) is 5.32 Å². The maximum Gasteiger partial charge on any atom is 0.251 e. The summed E-state index contributed by atoms with van der Waals surface area (Å²) in [4.78, 5) is 12.7. The lowest BCUT2D eigenvalue weighted by atomic mass is 10.1. The lowest BCUT2D eigenvalue weighted by molar-refractivity contribution is 0.0953. The molecular formula is C22H23NO5S. The van der Waals surface area contributed by atoms with Gasteiger partial charge in [-0.25, -0.2) is 8.42 Å². The molecule has 0 aliphatic rings. The fourth-order valence-corrected chi connectivity index (χ4v) is 4.75. The summed E-state index contributed by atoms with van der Waals surface area (Å²) in [7, 11) is -2.30. The van der Waals surface area contributed by atoms with Crippen LogP contribution in [-0.4, -0.2) is 28.0 Å². The van der Waals surface area contributed by atoms with Crippen LogP contribution in [0.25, 0.3) is 0 Å². The van der Waals surface area contributed by atoms with Gasteiger partial charge in [-0.2, -0.15) is 0 Å². The van der Waals surface area contributed by atoms with Crippen LogP contribution in [0.15, 0.2) is 70.2 Å². The Morgan fingerprint density at radius 3 is 2.28 bits per heavy atom. The minimum Gasteiger partial charge on any atom is -0.497 e. The van der Waals surface area contributed by atoms with Crippen molar-refractivity contribution in [2.24, 2.45) is 0 Å². The molecule has 0 fully saturated rings. The molecule has 7 heteroatoms. The Morgan fingerprint density at radius 1 is 1.07 bits per heavy atom. The van der Waals surface area contributed by atoms with Gasteiger partial charge in [-0.3, -0.25) is 4.79 Å². The number of carbonyl (C=O) groups excluding carboxylic acids is 1. The minimum atomic E-state index is -3.81. The predicted octanol–water partition coefficient (Wildman–Crippen LogP) is 3.85. The number of amides is 1. The van der Waals surface area contributed by atoms with Gasteiger partial charge in [0.2, 0.25) is 0 Å². The third-order valence-corrected chi connectivity index (χ3v) is 6.63. The molecule has 0 aliphatic carbocycles. The summed E-state index contributed by atoms with van der Waals surface area (Å²) in [6.45, 7) is 3.70. The molecule has 6 nitrogen and oxygen atoms in total. The topological polar surface area (TPSA) is 85.6 Å². The van der Waals surface area contributed by atoms with E-state index < -0.39 is 15.1 Å². The number of methoxy groups -OCH3 is 1. The van der Waals surface area contributed by atoms with Crippen molar-refractivity contribution in [1.29, 1.82) is 0 Å². The highest BCUT2D eigenvalue weighted by Gasteiger charge is 2.32. The van der Waals surface area contributed by atoms with Crippen LogP contribution < -0.4 is 10.1 Å². The Balaban J connectivity index is 1.87. The minimum absolute atomic E-state index is 0.117. The van der Waals surface area contributed by atoms with Crippen molar-refractivity contribution < 1.29 is 22.4 Å². The van der Waals surface area contributed by atoms with Gasteiger partial charge >= 0.3 is 0 Å². The highest BCUT2D eigenvalue weighted by atomic mass is 32.2. The number of furan rings is 1. The van der Waals surface area contributed by atoms with Gasteiger partial charge in [-0.05, 0) is 62.4 Å². The quantitative estimate of drug-likeness (QED) is 0.636. The summed E-state index contributed by atoms with van der Waals surface area (Å²) in [6.07, 6.45) is 1.41. The van der Waals surface area contributed by atoms with Gasteiger partial charge in [0, 0.05) is 12.1 Å². The van der Waals surface area contributed by atoms with E-state index in [-0.39, 0.29) is 23.1 Å². The van der Waals surface area contributed by atoms with Gasteiger partial charge in [0.1, 0.15) is 16.8 Å². The SMILES string of the molecule is COc1ccc(S(=O)(=O)[C@H](CNC(=O)c2cc(C)cc(C)c2)c2ccco2)cc1. The first kappa shape index (κ1) is 20.7. The van der Waals surface area contributed by atoms with Crippen LogP contribution in [0.5, 0.6) is 5.75 Å². The van der Waals surface area contributed by atoms with E-state index in [0.29, 0.717) is 11.3 Å². The molecule has 3 rings (SSSR count). The van der Waals surface area contributed by atoms with Crippen molar-refractivity contribution in [3.05, 3.63) is 83.3 Å². The van der Waals surface area contributed by atoms with Crippen LogP contribution in [0.4, 0.5) is 0 Å². The molecule has 1 aromatic heterocycles. The zero-order valence-corrected chi connectivity index (χ0v) is 17.3. The summed E-state index contributed by atoms with van der Waals surface area (Å²) in [5, 5.41) is 1.68. The summed E-state index contributed by atoms with van der Waals surface area (Å²) in [6, 6.07) is 14.8. The molecular weight excluding hydrogens is 390 g/mol. The molecule has 0 unspecified atom stereocenters. The number of sulfone groups is 1. The van der Waals surface area contributed by atoms with Crippen molar-refractivity contribution in [3.8, 4) is 5.75 Å². The highest BCUT2D eigenvalue weighted by molar-refractivity contribution is 7.91. The predicted molar refractivity (Wildman–Crippen MR) is 110 cm³/mol. The first-order valence-electron chi connectivity index (χ1n) is 9.09. The zero-order chi connectivity index (χ0) is 21.0. The molecule has 3 aromatic rings. The second-order valence-corrected chi connectivity index (χ2v) is 8.94. The molecule has 1 amide bonds. The summed E-state index contributed by atoms with van der Waals surface area (Å²) in [5.74, 6) is 0.487. The van der Waals surface area contributed by atoms with Crippen LogP contribution in [0.3, 0.4) is 0 Å². The number of benzene rings is 2. The van der Waals surface area contributed by atoms with Gasteiger partial charge in [-0.15, -0.1) is 0 Å². The Morgan fingerprint density at radius 2 is 1.72 bits per heavy atom. The van der Waals surface area contributed by atoms with Gasteiger partial charge in [0.05, 0.1) is 18.3 Å². The maximum absolute atomic E-state index is 13.2. The first-order chi connectivity index (χ1) is 13.8. The molecule has 1 heterocycles. The number of ether oxygens (including phenoxy) is 1. The van der Waals surface area contributed by atoms with E-state index in [0.717, 1.165) is 11.1 Å². The maximum atomic E-state index is 13.2. The lowest BCUT2D eigenvalue weighted by Crippen LogP contribution is -2.31. The lowest BCUT2D eigenvalue weighted by Gasteiger charge is -2.17. The summed E-state index contributed by atoms with van der Waals surface area (Å²) in [5.41, 5.74) is 2.41. The summed E-state index contributed by atoms with van der Waals surface area (Å²) >= 11 is 0. The third-order valence-electron chi connectivity index (χ3n) is 4.55. The molecule has 0 saturated heterocycles. The fraction of sp³-hybridized carbons (Fsp3) is 0.227. The molecule has 0 bridgehead atoms. The van der Waals surface area contributed by atoms with Gasteiger partial charge in [0.15, 0.2) is 9.84 Å². The molecule has 152 valence electrons. The second-order valence-electron chi connectivity index (χ2n) is 6.81. The first-order valence-corrected chi connectivity index (χ1v) is 10.6. The van der Waals surface area contributed by atoms with Crippen LogP contribution in [0.2, 0.25) is 0 Å². The molecule has 29 heavy (non-hydrogen) atoms. The Kier molecular flexibility index (Phi) is 6.08. The van der Waals surface area contributed by atoms with Crippen LogP contribution >= 0.6 is 0 Å². The molecule has 0 aliphatic heterocycles. The normalized spacial score (nSPS) is 12.4. The van der Waals surface area contributed by atoms with Gasteiger partial charge in [-0.1, -0.05) is 17.2 Å². The molecule has 0 radical (unpaired) electrons. The number of carbonyl (C=O) groups is 1. The number of nitrogens with one attached hydrogen (secondary N) is 1. The van der Waals surface area contributed by atoms with Crippen molar-refractivity contribution in [2.75, 3.05) is 13.7 Å². The number of rotatable bonds is 7. The van der Waals surface area contributed by atoms with Gasteiger partial charge in [0.25, 0.3) is 5.91 Å². The average Bonchev–Trinajstić information content (AvgIpc) is 3.21. The Labute approximate surface area is 170 Å². The molecule has 2 aromatic carbocycles. The van der Waals surface area contributed by atoms with E-state index in [1.165, 1.54) is 25.5 Å². The third kappa shape index (κ3) is 4.68. The Hall–Kier alpha value is -3.06. The van der Waals surface area contributed by atoms with E-state index in [1.54, 1.807) is 36.4 Å². The number of hydrogen-bond acceptors (Lipinski definition) is 5. The smallest absolute Gasteiger partial charge is 0.251 e. The monoisotopic (exact) mass is 413 g/mol. The average molecular weight is 413 g/mol. The van der Waals surface area contributed by atoms with E-state index in [2.05, 4.69) is 5.32 Å². The standard InChI is InChI=1S/C22H23NO5S/c1-15-11-16(2)13-17(12-15)22(24)23-14-21(20-5-4-10-28-20)29(25,26)19-8-6-18(27-3)7-9-19/h4-13,21H,14H2,1-3H3,(H,23,24)/t21-/m1/s1. The number of aryl methyl sites for hydroxylation is 2. The zero-order valence-electron chi connectivity index (χ0n) is 16.5. The fourth-order valence-electron chi connectivity index (χ4n) is 3.16. The highest BCUT2D eigenvalue weighted by Crippen LogP contribution is 2.30. The molecule has 1 atom stereocenters. The molecule has 0 saturated carbocycles. The van der Waals surface area contributed by atoms with Crippen molar-refractivity contribution >= 4 is 15.7 Å². The van der Waals surface area contributed by atoms with Crippen LogP contribution in [-0.2, 0) is 9.84 Å². The van der Waals surface area contributed by atoms with Crippen LogP contribution in [0, 0.1) is 13.8 Å². The van der Waals surface area contributed by atoms with Crippen molar-refractivity contribution in [3.63, 3.8) is 0 Å². The van der Waals surface area contributed by atoms with E-state index in [9.17, 15) is 13.2 Å². The van der Waals surface area contributed by atoms with Crippen molar-refractivity contribution in [2.45, 2.75) is 24.0 Å². The summed E-state index contributed by atoms with van der Waals surface area (Å²) < 4.78 is 36.9. The molecule has 1 N–H and O–H groups in total. The van der Waals surface area contributed by atoms with Crippen LogP contribution in [0.1, 0.15) is 32.5 Å². The molecule has 0 spiro atoms. The number of hydrogen-bond donors (Lipinski definition) is 1. The van der Waals surface area contributed by atoms with Gasteiger partial charge < -0.3 is 14.5 Å². The Bertz CT molecular complexity index is 1070. The largest absolute Gasteiger partial charge is 0.497 e. The van der Waals surface area contributed by atoms with E-state index >= 15 is 0 Å². The van der Waals surface area contributed by atoms with E-state index in [1.807, 2.05) is 19.9 Å². The second kappa shape index (κ2) is 8.53.